The van der Waals surface area contributed by atoms with Crippen LogP contribution in [-0.4, -0.2) is 25.7 Å². The van der Waals surface area contributed by atoms with E-state index in [2.05, 4.69) is 16.1 Å². The average molecular weight is 184 g/mol. The van der Waals surface area contributed by atoms with E-state index >= 15 is 0 Å². The van der Waals surface area contributed by atoms with E-state index in [9.17, 15) is 4.79 Å². The number of carbonyl (C=O) groups is 1. The molecule has 1 unspecified atom stereocenters. The maximum atomic E-state index is 10.9. The first kappa shape index (κ1) is 11.9. The van der Waals surface area contributed by atoms with Crippen LogP contribution < -0.4 is 5.32 Å². The summed E-state index contributed by atoms with van der Waals surface area (Å²) in [4.78, 5) is 10.9. The van der Waals surface area contributed by atoms with Crippen molar-refractivity contribution in [2.75, 3.05) is 13.7 Å². The van der Waals surface area contributed by atoms with Crippen LogP contribution in [0.25, 0.3) is 0 Å². The van der Waals surface area contributed by atoms with Gasteiger partial charge in [-0.15, -0.1) is 0 Å². The maximum absolute atomic E-state index is 10.9. The molecule has 74 valence electrons. The molecule has 0 fully saturated rings. The summed E-state index contributed by atoms with van der Waals surface area (Å²) >= 11 is 0. The number of ether oxygens (including phenoxy) is 1. The highest BCUT2D eigenvalue weighted by atomic mass is 16.5. The van der Waals surface area contributed by atoms with Crippen molar-refractivity contribution in [2.45, 2.75) is 26.8 Å². The largest absolute Gasteiger partial charge is 0.468 e. The van der Waals surface area contributed by atoms with Gasteiger partial charge in [0, 0.05) is 6.54 Å². The first-order chi connectivity index (χ1) is 5.93. The summed E-state index contributed by atoms with van der Waals surface area (Å²) in [6.07, 6.45) is 0. The minimum Gasteiger partial charge on any atom is -0.468 e. The number of hydrogen-bond donors (Lipinski definition) is 1. The Labute approximate surface area is 78.9 Å². The monoisotopic (exact) mass is 184 g/mol. The van der Waals surface area contributed by atoms with Crippen LogP contribution in [-0.2, 0) is 9.53 Å². The minimum atomic E-state index is -0.456. The number of carbonyl (C=O) groups excluding carboxylic acids is 1. The van der Waals surface area contributed by atoms with Crippen LogP contribution in [0.15, 0.2) is 0 Å². The van der Waals surface area contributed by atoms with Crippen molar-refractivity contribution in [3.63, 3.8) is 0 Å². The lowest BCUT2D eigenvalue weighted by molar-refractivity contribution is -0.142. The lowest BCUT2D eigenvalue weighted by Crippen LogP contribution is -2.40. The van der Waals surface area contributed by atoms with Gasteiger partial charge in [0.2, 0.25) is 0 Å². The van der Waals surface area contributed by atoms with E-state index in [1.807, 2.05) is 13.8 Å². The van der Waals surface area contributed by atoms with E-state index in [0.29, 0.717) is 6.54 Å². The molecular weight excluding hydrogens is 168 g/mol. The number of methoxy groups -OCH3 is 1. The van der Waals surface area contributed by atoms with Crippen LogP contribution in [0.4, 0.5) is 0 Å². The van der Waals surface area contributed by atoms with Gasteiger partial charge in [0.15, 0.2) is 0 Å². The van der Waals surface area contributed by atoms with Crippen molar-refractivity contribution < 1.29 is 9.53 Å². The van der Waals surface area contributed by atoms with Crippen LogP contribution >= 0.6 is 0 Å². The molecule has 0 saturated carbocycles. The van der Waals surface area contributed by atoms with Crippen molar-refractivity contribution in [3.05, 3.63) is 0 Å². The van der Waals surface area contributed by atoms with Gasteiger partial charge < -0.3 is 10.1 Å². The van der Waals surface area contributed by atoms with Crippen LogP contribution in [0.1, 0.15) is 20.8 Å². The summed E-state index contributed by atoms with van der Waals surface area (Å²) in [5.41, 5.74) is -0.456. The third kappa shape index (κ3) is 4.48. The fraction of sp³-hybridized carbons (Fsp3) is 0.778. The molecule has 0 aromatic heterocycles. The fourth-order valence-corrected chi connectivity index (χ4v) is 0.708. The summed E-state index contributed by atoms with van der Waals surface area (Å²) in [5.74, 6) is -0.311. The quantitative estimate of drug-likeness (QED) is 0.653. The number of esters is 1. The van der Waals surface area contributed by atoms with Gasteiger partial charge in [-0.3, -0.25) is 4.79 Å². The summed E-state index contributed by atoms with van der Waals surface area (Å²) < 4.78 is 4.53. The molecule has 1 atom stereocenters. The molecule has 0 amide bonds. The zero-order valence-corrected chi connectivity index (χ0v) is 8.55. The van der Waals surface area contributed by atoms with Crippen molar-refractivity contribution in [2.24, 2.45) is 5.41 Å². The molecule has 4 nitrogen and oxygen atoms in total. The minimum absolute atomic E-state index is 0.311. The Balaban J connectivity index is 3.91. The zero-order valence-electron chi connectivity index (χ0n) is 8.55. The second kappa shape index (κ2) is 4.83. The third-order valence-electron chi connectivity index (χ3n) is 1.71. The van der Waals surface area contributed by atoms with Crippen molar-refractivity contribution in [3.8, 4) is 6.07 Å². The number of rotatable bonds is 4. The van der Waals surface area contributed by atoms with Gasteiger partial charge in [0.1, 0.15) is 6.04 Å². The molecule has 13 heavy (non-hydrogen) atoms. The summed E-state index contributed by atoms with van der Waals surface area (Å²) in [5, 5.41) is 11.6. The molecule has 0 aliphatic rings. The second-order valence-electron chi connectivity index (χ2n) is 3.62. The van der Waals surface area contributed by atoms with Crippen molar-refractivity contribution in [1.82, 2.24) is 5.32 Å². The molecule has 0 heterocycles. The summed E-state index contributed by atoms with van der Waals surface area (Å²) in [7, 11) is 1.34. The molecule has 0 aromatic rings. The van der Waals surface area contributed by atoms with Gasteiger partial charge in [0.25, 0.3) is 0 Å². The number of nitrogens with one attached hydrogen (secondary N) is 1. The maximum Gasteiger partial charge on any atom is 0.322 e. The highest BCUT2D eigenvalue weighted by Gasteiger charge is 2.20. The molecule has 0 spiro atoms. The van der Waals surface area contributed by atoms with E-state index in [1.54, 1.807) is 6.92 Å². The molecule has 0 aliphatic carbocycles. The standard InChI is InChI=1S/C9H16N2O2/c1-7(8(12)13-4)11-6-9(2,3)5-10/h7,11H,6H2,1-4H3. The van der Waals surface area contributed by atoms with E-state index in [0.717, 1.165) is 0 Å². The first-order valence-corrected chi connectivity index (χ1v) is 4.15. The topological polar surface area (TPSA) is 62.1 Å². The summed E-state index contributed by atoms with van der Waals surface area (Å²) in [6.45, 7) is 5.80. The Hall–Kier alpha value is -1.08. The SMILES string of the molecule is COC(=O)C(C)NCC(C)(C)C#N. The Morgan fingerprint density at radius 3 is 2.62 bits per heavy atom. The lowest BCUT2D eigenvalue weighted by atomic mass is 9.96. The van der Waals surface area contributed by atoms with E-state index < -0.39 is 5.41 Å². The number of nitrogens with zero attached hydrogens (tertiary/aromatic N) is 1. The smallest absolute Gasteiger partial charge is 0.322 e. The van der Waals surface area contributed by atoms with Gasteiger partial charge in [-0.1, -0.05) is 0 Å². The molecule has 0 aliphatic heterocycles. The Kier molecular flexibility index (Phi) is 4.43. The van der Waals surface area contributed by atoms with Crippen molar-refractivity contribution in [1.29, 1.82) is 5.26 Å². The van der Waals surface area contributed by atoms with Crippen LogP contribution in [0.3, 0.4) is 0 Å². The van der Waals surface area contributed by atoms with Gasteiger partial charge in [-0.2, -0.15) is 5.26 Å². The first-order valence-electron chi connectivity index (χ1n) is 4.15. The summed E-state index contributed by atoms with van der Waals surface area (Å²) in [6, 6.07) is 1.78. The predicted octanol–water partition coefficient (Wildman–Crippen LogP) is 0.687. The molecular formula is C9H16N2O2. The molecule has 0 saturated heterocycles. The Morgan fingerprint density at radius 1 is 1.69 bits per heavy atom. The second-order valence-corrected chi connectivity index (χ2v) is 3.62. The van der Waals surface area contributed by atoms with Crippen molar-refractivity contribution >= 4 is 5.97 Å². The van der Waals surface area contributed by atoms with Gasteiger partial charge in [0.05, 0.1) is 18.6 Å². The predicted molar refractivity (Wildman–Crippen MR) is 48.9 cm³/mol. The average Bonchev–Trinajstić information content (AvgIpc) is 2.13. The molecule has 0 bridgehead atoms. The zero-order chi connectivity index (χ0) is 10.5. The molecule has 4 heteroatoms. The van der Waals surface area contributed by atoms with Gasteiger partial charge >= 0.3 is 5.97 Å². The highest BCUT2D eigenvalue weighted by molar-refractivity contribution is 5.75. The Morgan fingerprint density at radius 2 is 2.23 bits per heavy atom. The van der Waals surface area contributed by atoms with Gasteiger partial charge in [-0.25, -0.2) is 0 Å². The number of nitriles is 1. The molecule has 0 rings (SSSR count). The molecule has 0 radical (unpaired) electrons. The van der Waals surface area contributed by atoms with E-state index in [1.165, 1.54) is 7.11 Å². The molecule has 0 aromatic carbocycles. The van der Waals surface area contributed by atoms with E-state index in [4.69, 9.17) is 5.26 Å². The Bertz CT molecular complexity index is 218. The third-order valence-corrected chi connectivity index (χ3v) is 1.71. The van der Waals surface area contributed by atoms with E-state index in [-0.39, 0.29) is 12.0 Å². The van der Waals surface area contributed by atoms with Crippen LogP contribution in [0, 0.1) is 16.7 Å². The fourth-order valence-electron chi connectivity index (χ4n) is 0.708. The number of hydrogen-bond acceptors (Lipinski definition) is 4. The van der Waals surface area contributed by atoms with Gasteiger partial charge in [-0.05, 0) is 20.8 Å². The molecule has 1 N–H and O–H groups in total. The van der Waals surface area contributed by atoms with Crippen LogP contribution in [0.2, 0.25) is 0 Å². The lowest BCUT2D eigenvalue weighted by Gasteiger charge is -2.18. The highest BCUT2D eigenvalue weighted by Crippen LogP contribution is 2.10. The van der Waals surface area contributed by atoms with Crippen LogP contribution in [0.5, 0.6) is 0 Å². The normalized spacial score (nSPS) is 13.2.